The summed E-state index contributed by atoms with van der Waals surface area (Å²) in [7, 11) is 0. The lowest BCUT2D eigenvalue weighted by molar-refractivity contribution is -0.127. The number of imide groups is 1. The maximum absolute atomic E-state index is 12.8. The molecule has 0 aliphatic carbocycles. The van der Waals surface area contributed by atoms with E-state index < -0.39 is 0 Å². The lowest BCUT2D eigenvalue weighted by Crippen LogP contribution is -2.31. The monoisotopic (exact) mass is 446 g/mol. The Morgan fingerprint density at radius 1 is 0.875 bits per heavy atom. The number of carbonyl (C=O) groups is 2. The van der Waals surface area contributed by atoms with Gasteiger partial charge in [-0.05, 0) is 41.2 Å². The molecule has 0 radical (unpaired) electrons. The summed E-state index contributed by atoms with van der Waals surface area (Å²) in [5.74, 6) is -0.113. The Labute approximate surface area is 192 Å². The minimum absolute atomic E-state index is 0.113. The molecule has 1 aliphatic rings. The first-order chi connectivity index (χ1) is 15.6. The van der Waals surface area contributed by atoms with Crippen LogP contribution < -0.4 is 0 Å². The van der Waals surface area contributed by atoms with Gasteiger partial charge in [-0.3, -0.25) is 19.5 Å². The first-order valence-corrected chi connectivity index (χ1v) is 11.7. The minimum atomic E-state index is -0.370. The van der Waals surface area contributed by atoms with E-state index in [9.17, 15) is 9.59 Å². The Morgan fingerprint density at radius 3 is 2.28 bits per heavy atom. The maximum atomic E-state index is 12.8. The number of hydrogen-bond donors (Lipinski definition) is 0. The van der Waals surface area contributed by atoms with Gasteiger partial charge in [-0.25, -0.2) is 0 Å². The molecule has 1 aromatic heterocycles. The van der Waals surface area contributed by atoms with Crippen molar-refractivity contribution in [2.45, 2.75) is 44.8 Å². The fourth-order valence-corrected chi connectivity index (χ4v) is 4.57. The largest absolute Gasteiger partial charge is 0.370 e. The zero-order valence-corrected chi connectivity index (χ0v) is 18.9. The molecule has 3 aromatic rings. The number of aryl methyl sites for hydroxylation is 1. The molecule has 5 nitrogen and oxygen atoms in total. The lowest BCUT2D eigenvalue weighted by Gasteiger charge is -2.14. The van der Waals surface area contributed by atoms with Crippen molar-refractivity contribution in [3.05, 3.63) is 101 Å². The summed E-state index contributed by atoms with van der Waals surface area (Å²) in [5.41, 5.74) is 5.18. The van der Waals surface area contributed by atoms with Crippen LogP contribution in [0.2, 0.25) is 0 Å². The van der Waals surface area contributed by atoms with Gasteiger partial charge >= 0.3 is 0 Å². The van der Waals surface area contributed by atoms with Gasteiger partial charge in [-0.1, -0.05) is 79.3 Å². The van der Waals surface area contributed by atoms with Crippen LogP contribution in [0.25, 0.3) is 0 Å². The quantitative estimate of drug-likeness (QED) is 0.454. The number of carbonyl (C=O) groups excluding carboxylic acids is 2. The van der Waals surface area contributed by atoms with Gasteiger partial charge < -0.3 is 4.74 Å². The van der Waals surface area contributed by atoms with Crippen LogP contribution in [0.5, 0.6) is 0 Å². The lowest BCUT2D eigenvalue weighted by atomic mass is 10.1. The van der Waals surface area contributed by atoms with E-state index in [0.717, 1.165) is 40.6 Å². The predicted octanol–water partition coefficient (Wildman–Crippen LogP) is 5.17. The topological polar surface area (TPSA) is 59.5 Å². The van der Waals surface area contributed by atoms with Crippen LogP contribution in [0.15, 0.2) is 72.9 Å². The molecule has 0 saturated carbocycles. The van der Waals surface area contributed by atoms with Crippen LogP contribution in [-0.4, -0.2) is 26.3 Å². The molecule has 2 amide bonds. The molecule has 1 fully saturated rings. The number of pyridine rings is 1. The predicted molar refractivity (Wildman–Crippen MR) is 126 cm³/mol. The van der Waals surface area contributed by atoms with E-state index in [1.807, 2.05) is 66.9 Å². The van der Waals surface area contributed by atoms with Gasteiger partial charge in [0.15, 0.2) is 0 Å². The van der Waals surface area contributed by atoms with Crippen molar-refractivity contribution < 1.29 is 14.3 Å². The van der Waals surface area contributed by atoms with E-state index in [4.69, 9.17) is 4.74 Å². The number of benzene rings is 2. The number of amides is 2. The van der Waals surface area contributed by atoms with Crippen LogP contribution in [0.3, 0.4) is 0 Å². The molecular weight excluding hydrogens is 420 g/mol. The molecule has 1 saturated heterocycles. The summed E-state index contributed by atoms with van der Waals surface area (Å²) in [6.07, 6.45) is 3.40. The van der Waals surface area contributed by atoms with Gasteiger partial charge in [0.25, 0.3) is 5.24 Å². The fraction of sp³-hybridized carbons (Fsp3) is 0.269. The fourth-order valence-electron chi connectivity index (χ4n) is 3.55. The van der Waals surface area contributed by atoms with E-state index in [-0.39, 0.29) is 16.4 Å². The van der Waals surface area contributed by atoms with E-state index in [0.29, 0.717) is 26.2 Å². The highest BCUT2D eigenvalue weighted by Crippen LogP contribution is 2.31. The Bertz CT molecular complexity index is 1050. The molecule has 32 heavy (non-hydrogen) atoms. The van der Waals surface area contributed by atoms with Gasteiger partial charge in [0, 0.05) is 6.20 Å². The Morgan fingerprint density at radius 2 is 1.59 bits per heavy atom. The van der Waals surface area contributed by atoms with Gasteiger partial charge in [0.1, 0.15) is 0 Å². The average molecular weight is 447 g/mol. The Kier molecular flexibility index (Phi) is 7.35. The second-order valence-electron chi connectivity index (χ2n) is 7.81. The standard InChI is InChI=1S/C26H26N2O3S/c1-2-19-12-13-23(27-15-19)18-31-17-22-10-8-20(9-11-22)14-24-25(29)28(26(30)32-24)16-21-6-4-3-5-7-21/h3-13,15,24H,2,14,16-18H2,1H3. The van der Waals surface area contributed by atoms with Gasteiger partial charge in [0.05, 0.1) is 30.7 Å². The van der Waals surface area contributed by atoms with Crippen molar-refractivity contribution in [2.24, 2.45) is 0 Å². The van der Waals surface area contributed by atoms with Gasteiger partial charge in [-0.2, -0.15) is 0 Å². The van der Waals surface area contributed by atoms with Crippen LogP contribution >= 0.6 is 11.8 Å². The summed E-state index contributed by atoms with van der Waals surface area (Å²) >= 11 is 1.12. The number of rotatable bonds is 9. The van der Waals surface area contributed by atoms with Crippen LogP contribution in [0, 0.1) is 0 Å². The molecule has 1 atom stereocenters. The molecule has 0 N–H and O–H groups in total. The van der Waals surface area contributed by atoms with E-state index in [1.165, 1.54) is 10.5 Å². The van der Waals surface area contributed by atoms with Crippen molar-refractivity contribution >= 4 is 22.9 Å². The van der Waals surface area contributed by atoms with Crippen LogP contribution in [0.1, 0.15) is 34.9 Å². The molecule has 0 bridgehead atoms. The molecule has 1 aliphatic heterocycles. The molecule has 6 heteroatoms. The molecule has 2 aromatic carbocycles. The van der Waals surface area contributed by atoms with Crippen LogP contribution in [-0.2, 0) is 42.1 Å². The van der Waals surface area contributed by atoms with Crippen LogP contribution in [0.4, 0.5) is 4.79 Å². The number of thioether (sulfide) groups is 1. The third kappa shape index (κ3) is 5.64. The van der Waals surface area contributed by atoms with Crippen molar-refractivity contribution in [1.29, 1.82) is 0 Å². The molecule has 164 valence electrons. The van der Waals surface area contributed by atoms with E-state index >= 15 is 0 Å². The van der Waals surface area contributed by atoms with E-state index in [2.05, 4.69) is 18.0 Å². The number of nitrogens with zero attached hydrogens (tertiary/aromatic N) is 2. The Hall–Kier alpha value is -2.96. The van der Waals surface area contributed by atoms with Crippen molar-refractivity contribution in [3.63, 3.8) is 0 Å². The Balaban J connectivity index is 1.27. The highest BCUT2D eigenvalue weighted by molar-refractivity contribution is 8.15. The molecule has 4 rings (SSSR count). The van der Waals surface area contributed by atoms with Gasteiger partial charge in [0.2, 0.25) is 5.91 Å². The highest BCUT2D eigenvalue weighted by Gasteiger charge is 2.39. The second kappa shape index (κ2) is 10.6. The summed E-state index contributed by atoms with van der Waals surface area (Å²) in [5, 5.41) is -0.542. The zero-order valence-electron chi connectivity index (χ0n) is 18.1. The first kappa shape index (κ1) is 22.2. The minimum Gasteiger partial charge on any atom is -0.370 e. The summed E-state index contributed by atoms with van der Waals surface area (Å²) in [6.45, 7) is 3.40. The highest BCUT2D eigenvalue weighted by atomic mass is 32.2. The summed E-state index contributed by atoms with van der Waals surface area (Å²) in [4.78, 5) is 30.9. The second-order valence-corrected chi connectivity index (χ2v) is 8.96. The molecule has 0 spiro atoms. The average Bonchev–Trinajstić information content (AvgIpc) is 3.08. The molecule has 1 unspecified atom stereocenters. The van der Waals surface area contributed by atoms with E-state index in [1.54, 1.807) is 0 Å². The zero-order chi connectivity index (χ0) is 22.3. The third-order valence-corrected chi connectivity index (χ3v) is 6.52. The summed E-state index contributed by atoms with van der Waals surface area (Å²) < 4.78 is 5.78. The number of aromatic nitrogens is 1. The number of ether oxygens (including phenoxy) is 1. The van der Waals surface area contributed by atoms with Crippen molar-refractivity contribution in [2.75, 3.05) is 0 Å². The van der Waals surface area contributed by atoms with Gasteiger partial charge in [-0.15, -0.1) is 0 Å². The smallest absolute Gasteiger partial charge is 0.289 e. The SMILES string of the molecule is CCc1ccc(COCc2ccc(CC3SC(=O)N(Cc4ccccc4)C3=O)cc2)nc1. The number of hydrogen-bond acceptors (Lipinski definition) is 5. The molecular formula is C26H26N2O3S. The third-order valence-electron chi connectivity index (χ3n) is 5.45. The van der Waals surface area contributed by atoms with Crippen molar-refractivity contribution in [1.82, 2.24) is 9.88 Å². The summed E-state index contributed by atoms with van der Waals surface area (Å²) in [6, 6.07) is 21.7. The normalized spacial score (nSPS) is 16.0. The van der Waals surface area contributed by atoms with Crippen molar-refractivity contribution in [3.8, 4) is 0 Å². The molecule has 2 heterocycles. The first-order valence-electron chi connectivity index (χ1n) is 10.8. The maximum Gasteiger partial charge on any atom is 0.289 e.